The van der Waals surface area contributed by atoms with Crippen molar-refractivity contribution in [2.45, 2.75) is 17.9 Å². The van der Waals surface area contributed by atoms with Crippen LogP contribution in [-0.4, -0.2) is 44.8 Å². The van der Waals surface area contributed by atoms with Gasteiger partial charge in [-0.05, 0) is 43.3 Å². The van der Waals surface area contributed by atoms with E-state index in [9.17, 15) is 18.0 Å². The zero-order valence-corrected chi connectivity index (χ0v) is 15.9. The molecule has 1 heterocycles. The highest BCUT2D eigenvalue weighted by Crippen LogP contribution is 2.18. The number of carbonyl (C=O) groups excluding carboxylic acids is 2. The van der Waals surface area contributed by atoms with E-state index < -0.39 is 28.0 Å². The number of nitrogens with zero attached hydrogens (tertiary/aromatic N) is 1. The van der Waals surface area contributed by atoms with Gasteiger partial charge in [-0.3, -0.25) is 4.79 Å². The number of sulfonamides is 1. The van der Waals surface area contributed by atoms with Crippen molar-refractivity contribution in [2.75, 3.05) is 19.4 Å². The fourth-order valence-corrected chi connectivity index (χ4v) is 2.94. The summed E-state index contributed by atoms with van der Waals surface area (Å²) in [7, 11) is -0.795. The topological polar surface area (TPSA) is 106 Å². The number of furan rings is 1. The van der Waals surface area contributed by atoms with Gasteiger partial charge >= 0.3 is 5.97 Å². The van der Waals surface area contributed by atoms with Crippen molar-refractivity contribution < 1.29 is 27.2 Å². The first-order valence-electron chi connectivity index (χ1n) is 7.96. The van der Waals surface area contributed by atoms with Gasteiger partial charge in [0.25, 0.3) is 5.91 Å². The highest BCUT2D eigenvalue weighted by Gasteiger charge is 2.20. The van der Waals surface area contributed by atoms with Crippen molar-refractivity contribution in [3.8, 4) is 0 Å². The number of anilines is 1. The summed E-state index contributed by atoms with van der Waals surface area (Å²) in [6.07, 6.45) is 2.95. The van der Waals surface area contributed by atoms with E-state index >= 15 is 0 Å². The van der Waals surface area contributed by atoms with Crippen LogP contribution in [0.3, 0.4) is 0 Å². The Bertz CT molecular complexity index is 933. The predicted octanol–water partition coefficient (Wildman–Crippen LogP) is 2.11. The van der Waals surface area contributed by atoms with Gasteiger partial charge in [-0.15, -0.1) is 0 Å². The molecule has 0 fully saturated rings. The van der Waals surface area contributed by atoms with Crippen LogP contribution in [0.1, 0.15) is 12.7 Å². The number of nitrogens with one attached hydrogen (secondary N) is 1. The fourth-order valence-electron chi connectivity index (χ4n) is 1.99. The van der Waals surface area contributed by atoms with E-state index in [1.807, 2.05) is 0 Å². The Morgan fingerprint density at radius 2 is 1.96 bits per heavy atom. The molecule has 1 aromatic carbocycles. The maximum Gasteiger partial charge on any atom is 0.331 e. The van der Waals surface area contributed by atoms with Gasteiger partial charge < -0.3 is 14.5 Å². The minimum atomic E-state index is -3.62. The SMILES string of the molecule is CC(OC(=O)C=Cc1ccco1)C(=O)Nc1cccc(S(=O)(=O)N(C)C)c1. The molecule has 0 saturated carbocycles. The first kappa shape index (κ1) is 20.4. The molecule has 0 spiro atoms. The zero-order chi connectivity index (χ0) is 20.0. The van der Waals surface area contributed by atoms with Gasteiger partial charge in [-0.2, -0.15) is 0 Å². The highest BCUT2D eigenvalue weighted by atomic mass is 32.2. The Morgan fingerprint density at radius 1 is 1.22 bits per heavy atom. The molecular weight excluding hydrogens is 372 g/mol. The lowest BCUT2D eigenvalue weighted by Crippen LogP contribution is -2.29. The standard InChI is InChI=1S/C18H20N2O6S/c1-13(26-17(21)10-9-15-7-5-11-25-15)18(22)19-14-6-4-8-16(12-14)27(23,24)20(2)3/h4-13H,1-3H3,(H,19,22). The molecule has 1 aromatic heterocycles. The number of carbonyl (C=O) groups is 2. The van der Waals surface area contributed by atoms with Crippen LogP contribution >= 0.6 is 0 Å². The van der Waals surface area contributed by atoms with E-state index in [2.05, 4.69) is 5.32 Å². The Balaban J connectivity index is 1.99. The number of rotatable bonds is 7. The molecule has 0 aliphatic rings. The van der Waals surface area contributed by atoms with Crippen LogP contribution < -0.4 is 5.32 Å². The molecule has 2 aromatic rings. The molecule has 0 aliphatic heterocycles. The van der Waals surface area contributed by atoms with Crippen LogP contribution in [0.15, 0.2) is 58.1 Å². The maximum atomic E-state index is 12.2. The zero-order valence-electron chi connectivity index (χ0n) is 15.1. The molecular formula is C18H20N2O6S. The molecule has 1 unspecified atom stereocenters. The summed E-state index contributed by atoms with van der Waals surface area (Å²) < 4.78 is 35.4. The van der Waals surface area contributed by atoms with Gasteiger partial charge in [0.1, 0.15) is 5.76 Å². The summed E-state index contributed by atoms with van der Waals surface area (Å²) in [5.74, 6) is -0.824. The Kier molecular flexibility index (Phi) is 6.54. The first-order chi connectivity index (χ1) is 12.7. The number of esters is 1. The Labute approximate surface area is 157 Å². The number of ether oxygens (including phenoxy) is 1. The third kappa shape index (κ3) is 5.53. The highest BCUT2D eigenvalue weighted by molar-refractivity contribution is 7.89. The summed E-state index contributed by atoms with van der Waals surface area (Å²) in [4.78, 5) is 24.0. The average molecular weight is 392 g/mol. The molecule has 1 N–H and O–H groups in total. The lowest BCUT2D eigenvalue weighted by molar-refractivity contribution is -0.148. The molecule has 0 aliphatic carbocycles. The summed E-state index contributed by atoms with van der Waals surface area (Å²) in [6.45, 7) is 1.41. The minimum absolute atomic E-state index is 0.0383. The molecule has 0 saturated heterocycles. The van der Waals surface area contributed by atoms with E-state index in [4.69, 9.17) is 9.15 Å². The lowest BCUT2D eigenvalue weighted by atomic mass is 10.3. The van der Waals surface area contributed by atoms with E-state index in [1.54, 1.807) is 12.1 Å². The van der Waals surface area contributed by atoms with E-state index in [1.165, 1.54) is 57.6 Å². The van der Waals surface area contributed by atoms with E-state index in [-0.39, 0.29) is 10.6 Å². The summed E-state index contributed by atoms with van der Waals surface area (Å²) >= 11 is 0. The largest absolute Gasteiger partial charge is 0.465 e. The quantitative estimate of drug-likeness (QED) is 0.571. The summed E-state index contributed by atoms with van der Waals surface area (Å²) in [5, 5.41) is 2.53. The number of hydrogen-bond acceptors (Lipinski definition) is 6. The molecule has 144 valence electrons. The maximum absolute atomic E-state index is 12.2. The lowest BCUT2D eigenvalue weighted by Gasteiger charge is -2.14. The predicted molar refractivity (Wildman–Crippen MR) is 99.2 cm³/mol. The van der Waals surface area contributed by atoms with Crippen LogP contribution in [0.4, 0.5) is 5.69 Å². The third-order valence-corrected chi connectivity index (χ3v) is 5.28. The molecule has 0 bridgehead atoms. The van der Waals surface area contributed by atoms with Crippen molar-refractivity contribution in [3.05, 3.63) is 54.5 Å². The van der Waals surface area contributed by atoms with Crippen LogP contribution in [0.2, 0.25) is 0 Å². The van der Waals surface area contributed by atoms with E-state index in [0.717, 1.165) is 10.4 Å². The number of hydrogen-bond donors (Lipinski definition) is 1. The molecule has 0 radical (unpaired) electrons. The molecule has 8 nitrogen and oxygen atoms in total. The molecule has 27 heavy (non-hydrogen) atoms. The Morgan fingerprint density at radius 3 is 2.59 bits per heavy atom. The van der Waals surface area contributed by atoms with Gasteiger partial charge in [0.05, 0.1) is 11.2 Å². The van der Waals surface area contributed by atoms with E-state index in [0.29, 0.717) is 5.76 Å². The second-order valence-corrected chi connectivity index (χ2v) is 7.88. The normalized spacial score (nSPS) is 12.9. The van der Waals surface area contributed by atoms with Crippen molar-refractivity contribution in [1.82, 2.24) is 4.31 Å². The third-order valence-electron chi connectivity index (χ3n) is 3.47. The van der Waals surface area contributed by atoms with Crippen LogP contribution in [0.5, 0.6) is 0 Å². The summed E-state index contributed by atoms with van der Waals surface area (Å²) in [5.41, 5.74) is 0.275. The molecule has 2 rings (SSSR count). The second kappa shape index (κ2) is 8.65. The first-order valence-corrected chi connectivity index (χ1v) is 9.40. The second-order valence-electron chi connectivity index (χ2n) is 5.73. The van der Waals surface area contributed by atoms with Crippen LogP contribution in [-0.2, 0) is 24.3 Å². The van der Waals surface area contributed by atoms with Crippen molar-refractivity contribution >= 4 is 33.7 Å². The fraction of sp³-hybridized carbons (Fsp3) is 0.222. The Hall–Kier alpha value is -2.91. The van der Waals surface area contributed by atoms with Crippen molar-refractivity contribution in [3.63, 3.8) is 0 Å². The molecule has 9 heteroatoms. The van der Waals surface area contributed by atoms with Gasteiger partial charge in [0.2, 0.25) is 10.0 Å². The van der Waals surface area contributed by atoms with Crippen molar-refractivity contribution in [1.29, 1.82) is 0 Å². The van der Waals surface area contributed by atoms with Crippen molar-refractivity contribution in [2.24, 2.45) is 0 Å². The average Bonchev–Trinajstić information content (AvgIpc) is 3.13. The number of benzene rings is 1. The van der Waals surface area contributed by atoms with Gasteiger partial charge in [-0.25, -0.2) is 17.5 Å². The van der Waals surface area contributed by atoms with Crippen LogP contribution in [0.25, 0.3) is 6.08 Å². The van der Waals surface area contributed by atoms with Gasteiger partial charge in [-0.1, -0.05) is 6.07 Å². The number of amides is 1. The minimum Gasteiger partial charge on any atom is -0.465 e. The van der Waals surface area contributed by atoms with Gasteiger partial charge in [0, 0.05) is 25.9 Å². The monoisotopic (exact) mass is 392 g/mol. The smallest absolute Gasteiger partial charge is 0.331 e. The molecule has 1 atom stereocenters. The molecule has 1 amide bonds. The van der Waals surface area contributed by atoms with Crippen LogP contribution in [0, 0.1) is 0 Å². The summed E-state index contributed by atoms with van der Waals surface area (Å²) in [6, 6.07) is 9.14. The van der Waals surface area contributed by atoms with Gasteiger partial charge in [0.15, 0.2) is 6.10 Å².